The van der Waals surface area contributed by atoms with E-state index < -0.39 is 29.1 Å². The fourth-order valence-corrected chi connectivity index (χ4v) is 2.78. The lowest BCUT2D eigenvalue weighted by atomic mass is 10.2. The first kappa shape index (κ1) is 14.2. The highest BCUT2D eigenvalue weighted by Gasteiger charge is 2.30. The molecule has 2 N–H and O–H groups in total. The zero-order valence-electron chi connectivity index (χ0n) is 9.90. The molecular weight excluding hydrogens is 280 g/mol. The predicted molar refractivity (Wildman–Crippen MR) is 62.9 cm³/mol. The average Bonchev–Trinajstić information content (AvgIpc) is 2.84. The first-order valence-corrected chi connectivity index (χ1v) is 7.06. The molecule has 0 aromatic heterocycles. The largest absolute Gasteiger partial charge is 0.493 e. The molecule has 0 aliphatic carbocycles. The normalized spacial score (nSPS) is 15.1. The van der Waals surface area contributed by atoms with Crippen LogP contribution in [0.3, 0.4) is 0 Å². The lowest BCUT2D eigenvalue weighted by molar-refractivity contribution is -0.0437. The van der Waals surface area contributed by atoms with Gasteiger partial charge >= 0.3 is 0 Å². The summed E-state index contributed by atoms with van der Waals surface area (Å²) in [7, 11) is -4.02. The van der Waals surface area contributed by atoms with E-state index >= 15 is 0 Å². The third kappa shape index (κ3) is 3.20. The molecule has 0 fully saturated rings. The number of sulfonamides is 1. The zero-order chi connectivity index (χ0) is 14.1. The molecular formula is C11H13F2NO4S. The molecule has 2 rings (SSSR count). The van der Waals surface area contributed by atoms with Crippen molar-refractivity contribution < 1.29 is 27.0 Å². The van der Waals surface area contributed by atoms with Crippen molar-refractivity contribution in [3.05, 3.63) is 23.8 Å². The third-order valence-corrected chi connectivity index (χ3v) is 4.12. The van der Waals surface area contributed by atoms with Crippen LogP contribution in [0.4, 0.5) is 8.78 Å². The number of rotatable bonds is 5. The Balaban J connectivity index is 2.16. The van der Waals surface area contributed by atoms with E-state index in [4.69, 9.17) is 9.84 Å². The summed E-state index contributed by atoms with van der Waals surface area (Å²) >= 11 is 0. The molecule has 1 aliphatic rings. The van der Waals surface area contributed by atoms with Crippen molar-refractivity contribution in [2.75, 3.05) is 19.8 Å². The molecule has 0 spiro atoms. The molecule has 0 bridgehead atoms. The summed E-state index contributed by atoms with van der Waals surface area (Å²) in [5.74, 6) is -2.87. The van der Waals surface area contributed by atoms with E-state index in [2.05, 4.69) is 0 Å². The van der Waals surface area contributed by atoms with Crippen LogP contribution in [0.2, 0.25) is 0 Å². The van der Waals surface area contributed by atoms with Gasteiger partial charge in [0.05, 0.1) is 18.0 Å². The highest BCUT2D eigenvalue weighted by molar-refractivity contribution is 7.89. The maximum Gasteiger partial charge on any atom is 0.283 e. The average molecular weight is 293 g/mol. The molecule has 1 aromatic carbocycles. The van der Waals surface area contributed by atoms with Gasteiger partial charge in [0.1, 0.15) is 12.4 Å². The minimum atomic E-state index is -4.02. The van der Waals surface area contributed by atoms with E-state index in [1.165, 1.54) is 18.2 Å². The Morgan fingerprint density at radius 2 is 2.16 bits per heavy atom. The van der Waals surface area contributed by atoms with Crippen molar-refractivity contribution in [2.24, 2.45) is 0 Å². The summed E-state index contributed by atoms with van der Waals surface area (Å²) in [5, 5.41) is 8.39. The van der Waals surface area contributed by atoms with Crippen molar-refractivity contribution in [2.45, 2.75) is 17.2 Å². The highest BCUT2D eigenvalue weighted by atomic mass is 32.2. The minimum Gasteiger partial charge on any atom is -0.493 e. The molecule has 19 heavy (non-hydrogen) atoms. The fourth-order valence-electron chi connectivity index (χ4n) is 1.67. The number of hydrogen-bond acceptors (Lipinski definition) is 4. The van der Waals surface area contributed by atoms with Gasteiger partial charge in [-0.2, -0.15) is 0 Å². The molecule has 0 radical (unpaired) electrons. The Morgan fingerprint density at radius 1 is 1.42 bits per heavy atom. The van der Waals surface area contributed by atoms with Crippen LogP contribution >= 0.6 is 0 Å². The second-order valence-electron chi connectivity index (χ2n) is 4.21. The van der Waals surface area contributed by atoms with Gasteiger partial charge in [-0.25, -0.2) is 21.9 Å². The third-order valence-electron chi connectivity index (χ3n) is 2.72. The van der Waals surface area contributed by atoms with Crippen LogP contribution in [-0.4, -0.2) is 39.2 Å². The molecule has 0 unspecified atom stereocenters. The van der Waals surface area contributed by atoms with Gasteiger partial charge in [-0.3, -0.25) is 0 Å². The molecule has 0 saturated heterocycles. The van der Waals surface area contributed by atoms with Crippen molar-refractivity contribution in [3.63, 3.8) is 0 Å². The van der Waals surface area contributed by atoms with Crippen molar-refractivity contribution >= 4 is 10.0 Å². The quantitative estimate of drug-likeness (QED) is 0.830. The fraction of sp³-hybridized carbons (Fsp3) is 0.455. The summed E-state index contributed by atoms with van der Waals surface area (Å²) in [4.78, 5) is -0.0921. The van der Waals surface area contributed by atoms with E-state index in [1.807, 2.05) is 0 Å². The summed E-state index contributed by atoms with van der Waals surface area (Å²) in [6.07, 6.45) is 0.589. The minimum absolute atomic E-state index is 0.0921. The Hall–Kier alpha value is -1.25. The van der Waals surface area contributed by atoms with Crippen molar-refractivity contribution in [1.29, 1.82) is 0 Å². The smallest absolute Gasteiger partial charge is 0.283 e. The van der Waals surface area contributed by atoms with Gasteiger partial charge in [0.2, 0.25) is 10.0 Å². The molecule has 106 valence electrons. The molecule has 0 saturated carbocycles. The summed E-state index contributed by atoms with van der Waals surface area (Å²) in [5.41, 5.74) is 0.733. The van der Waals surface area contributed by atoms with E-state index in [0.29, 0.717) is 18.8 Å². The van der Waals surface area contributed by atoms with Gasteiger partial charge < -0.3 is 9.84 Å². The van der Waals surface area contributed by atoms with Gasteiger partial charge in [0.15, 0.2) is 0 Å². The first-order valence-electron chi connectivity index (χ1n) is 5.58. The van der Waals surface area contributed by atoms with Crippen molar-refractivity contribution in [3.8, 4) is 5.75 Å². The second-order valence-corrected chi connectivity index (χ2v) is 5.97. The molecule has 1 heterocycles. The van der Waals surface area contributed by atoms with Crippen LogP contribution in [0.15, 0.2) is 23.1 Å². The zero-order valence-corrected chi connectivity index (χ0v) is 10.7. The number of hydrogen-bond donors (Lipinski definition) is 2. The summed E-state index contributed by atoms with van der Waals surface area (Å²) in [6, 6.07) is 4.20. The first-order chi connectivity index (χ1) is 8.84. The number of ether oxygens (including phenoxy) is 1. The van der Waals surface area contributed by atoms with Gasteiger partial charge in [0, 0.05) is 6.42 Å². The summed E-state index contributed by atoms with van der Waals surface area (Å²) in [6.45, 7) is -2.07. The highest BCUT2D eigenvalue weighted by Crippen LogP contribution is 2.27. The number of halogens is 2. The van der Waals surface area contributed by atoms with Crippen LogP contribution < -0.4 is 9.46 Å². The van der Waals surface area contributed by atoms with Crippen LogP contribution in [0, 0.1) is 0 Å². The van der Waals surface area contributed by atoms with Gasteiger partial charge in [-0.05, 0) is 23.8 Å². The Kier molecular flexibility index (Phi) is 3.75. The Labute approximate surface area is 109 Å². The number of alkyl halides is 2. The standard InChI is InChI=1S/C11H13F2NO4S/c12-11(13,7-15)6-14-19(16,17)9-1-2-10-8(5-9)3-4-18-10/h1-2,5,14-15H,3-4,6-7H2. The predicted octanol–water partition coefficient (Wildman–Crippen LogP) is 0.527. The lowest BCUT2D eigenvalue weighted by Gasteiger charge is -2.14. The summed E-state index contributed by atoms with van der Waals surface area (Å²) < 4.78 is 56.3. The van der Waals surface area contributed by atoms with Gasteiger partial charge in [-0.1, -0.05) is 0 Å². The van der Waals surface area contributed by atoms with Crippen LogP contribution in [0.1, 0.15) is 5.56 Å². The number of benzene rings is 1. The number of nitrogens with one attached hydrogen (secondary N) is 1. The van der Waals surface area contributed by atoms with E-state index in [9.17, 15) is 17.2 Å². The van der Waals surface area contributed by atoms with Gasteiger partial charge in [0.25, 0.3) is 5.92 Å². The molecule has 5 nitrogen and oxygen atoms in total. The van der Waals surface area contributed by atoms with Gasteiger partial charge in [-0.15, -0.1) is 0 Å². The van der Waals surface area contributed by atoms with E-state index in [-0.39, 0.29) is 4.90 Å². The van der Waals surface area contributed by atoms with Crippen LogP contribution in [0.25, 0.3) is 0 Å². The molecule has 8 heteroatoms. The number of fused-ring (bicyclic) bond motifs is 1. The lowest BCUT2D eigenvalue weighted by Crippen LogP contribution is -2.38. The second kappa shape index (κ2) is 5.03. The Bertz CT molecular complexity index is 574. The maximum absolute atomic E-state index is 12.8. The van der Waals surface area contributed by atoms with Crippen LogP contribution in [-0.2, 0) is 16.4 Å². The topological polar surface area (TPSA) is 75.6 Å². The number of aliphatic hydroxyl groups excluding tert-OH is 1. The van der Waals surface area contributed by atoms with Crippen LogP contribution in [0.5, 0.6) is 5.75 Å². The maximum atomic E-state index is 12.8. The molecule has 0 atom stereocenters. The molecule has 1 aromatic rings. The van der Waals surface area contributed by atoms with E-state index in [0.717, 1.165) is 5.56 Å². The Morgan fingerprint density at radius 3 is 2.84 bits per heavy atom. The van der Waals surface area contributed by atoms with E-state index in [1.54, 1.807) is 4.72 Å². The molecule has 1 aliphatic heterocycles. The molecule has 0 amide bonds. The monoisotopic (exact) mass is 293 g/mol. The SMILES string of the molecule is O=S(=O)(NCC(F)(F)CO)c1ccc2c(c1)CCO2. The van der Waals surface area contributed by atoms with Crippen molar-refractivity contribution in [1.82, 2.24) is 4.72 Å². The number of aliphatic hydroxyl groups is 1.